The summed E-state index contributed by atoms with van der Waals surface area (Å²) in [5.74, 6) is -0.129. The van der Waals surface area contributed by atoms with Gasteiger partial charge < -0.3 is 40.3 Å². The van der Waals surface area contributed by atoms with E-state index in [2.05, 4.69) is 20.9 Å². The van der Waals surface area contributed by atoms with Crippen LogP contribution in [0.5, 0.6) is 5.75 Å². The number of hydrogen-bond donors (Lipinski definition) is 4. The van der Waals surface area contributed by atoms with Crippen LogP contribution in [0.1, 0.15) is 64.7 Å². The van der Waals surface area contributed by atoms with Crippen LogP contribution in [0, 0.1) is 10.8 Å². The first-order valence-corrected chi connectivity index (χ1v) is 20.8. The Morgan fingerprint density at radius 3 is 2.05 bits per heavy atom. The Balaban J connectivity index is 1.41. The molecule has 5 atom stereocenters. The van der Waals surface area contributed by atoms with Crippen LogP contribution in [0.25, 0.3) is 11.3 Å². The number of aromatic nitrogens is 1. The van der Waals surface area contributed by atoms with E-state index in [0.29, 0.717) is 31.8 Å². The van der Waals surface area contributed by atoms with Gasteiger partial charge in [-0.1, -0.05) is 114 Å². The van der Waals surface area contributed by atoms with E-state index in [0.717, 1.165) is 27.9 Å². The molecule has 13 nitrogen and oxygen atoms in total. The maximum Gasteiger partial charge on any atom is 0.407 e. The molecule has 1 aromatic heterocycles. The average Bonchev–Trinajstić information content (AvgIpc) is 3.57. The molecule has 61 heavy (non-hydrogen) atoms. The fourth-order valence-electron chi connectivity index (χ4n) is 7.81. The third-order valence-corrected chi connectivity index (χ3v) is 11.0. The number of carbonyl (C=O) groups is 4. The Morgan fingerprint density at radius 1 is 0.754 bits per heavy atom. The van der Waals surface area contributed by atoms with Gasteiger partial charge in [0.1, 0.15) is 17.8 Å². The normalized spacial score (nSPS) is 15.6. The van der Waals surface area contributed by atoms with E-state index in [1.165, 1.54) is 7.11 Å². The number of carbonyl (C=O) groups excluding carboxylic acids is 4. The van der Waals surface area contributed by atoms with Crippen molar-refractivity contribution in [2.45, 2.75) is 97.6 Å². The molecule has 4 aromatic rings. The molecule has 5 rings (SSSR count). The summed E-state index contributed by atoms with van der Waals surface area (Å²) in [6.07, 6.45) is 0.522. The topological polar surface area (TPSA) is 162 Å². The SMILES string of the molecule is COC(=O)NC(C(=O)N[C@@H](Cc1ccc(-c2ccccn2)cc1)C[C@H](O)[C@H](Cc1ccccc1)NC(=O)C(N1CCN(Cc2cccc(OC)c2)C1=O)C(C)(C)C)C(C)(C)C. The molecule has 1 saturated heterocycles. The first kappa shape index (κ1) is 46.1. The van der Waals surface area contributed by atoms with Gasteiger partial charge in [-0.3, -0.25) is 14.6 Å². The molecular formula is C48H62N6O7. The van der Waals surface area contributed by atoms with E-state index in [9.17, 15) is 24.3 Å². The number of benzene rings is 3. The van der Waals surface area contributed by atoms with Gasteiger partial charge in [0.2, 0.25) is 11.8 Å². The fraction of sp³-hybridized carbons (Fsp3) is 0.438. The molecule has 1 fully saturated rings. The number of aliphatic hydroxyl groups excluding tert-OH is 1. The predicted molar refractivity (Wildman–Crippen MR) is 236 cm³/mol. The summed E-state index contributed by atoms with van der Waals surface area (Å²) >= 11 is 0. The number of urea groups is 1. The Bertz CT molecular complexity index is 2070. The van der Waals surface area contributed by atoms with Gasteiger partial charge in [0.15, 0.2) is 0 Å². The summed E-state index contributed by atoms with van der Waals surface area (Å²) < 4.78 is 10.2. The number of rotatable bonds is 17. The number of amides is 5. The molecule has 0 radical (unpaired) electrons. The molecule has 0 aliphatic carbocycles. The number of ether oxygens (including phenoxy) is 2. The Labute approximate surface area is 360 Å². The van der Waals surface area contributed by atoms with Crippen molar-refractivity contribution < 1.29 is 33.8 Å². The van der Waals surface area contributed by atoms with Gasteiger partial charge in [0.05, 0.1) is 32.1 Å². The predicted octanol–water partition coefficient (Wildman–Crippen LogP) is 6.39. The highest BCUT2D eigenvalue weighted by atomic mass is 16.5. The Hall–Kier alpha value is -5.95. The molecule has 326 valence electrons. The monoisotopic (exact) mass is 834 g/mol. The van der Waals surface area contributed by atoms with E-state index < -0.39 is 53.1 Å². The van der Waals surface area contributed by atoms with Crippen molar-refractivity contribution >= 4 is 23.9 Å². The van der Waals surface area contributed by atoms with Crippen molar-refractivity contribution in [1.82, 2.24) is 30.7 Å². The Morgan fingerprint density at radius 2 is 1.43 bits per heavy atom. The van der Waals surface area contributed by atoms with Crippen molar-refractivity contribution in [3.05, 3.63) is 120 Å². The second-order valence-corrected chi connectivity index (χ2v) is 17.9. The van der Waals surface area contributed by atoms with Crippen molar-refractivity contribution in [1.29, 1.82) is 0 Å². The highest BCUT2D eigenvalue weighted by molar-refractivity contribution is 5.89. The number of alkyl carbamates (subject to hydrolysis) is 1. The quantitative estimate of drug-likeness (QED) is 0.0953. The fourth-order valence-corrected chi connectivity index (χ4v) is 7.81. The summed E-state index contributed by atoms with van der Waals surface area (Å²) in [6, 6.07) is 27.2. The zero-order chi connectivity index (χ0) is 44.3. The first-order chi connectivity index (χ1) is 29.0. The second kappa shape index (κ2) is 20.5. The van der Waals surface area contributed by atoms with Crippen LogP contribution in [-0.2, 0) is 33.7 Å². The second-order valence-electron chi connectivity index (χ2n) is 17.9. The van der Waals surface area contributed by atoms with E-state index in [1.807, 2.05) is 139 Å². The minimum Gasteiger partial charge on any atom is -0.497 e. The summed E-state index contributed by atoms with van der Waals surface area (Å²) in [6.45, 7) is 12.5. The van der Waals surface area contributed by atoms with Crippen molar-refractivity contribution in [3.8, 4) is 17.0 Å². The summed E-state index contributed by atoms with van der Waals surface area (Å²) in [7, 11) is 2.84. The lowest BCUT2D eigenvalue weighted by Crippen LogP contribution is -2.59. The molecular weight excluding hydrogens is 773 g/mol. The van der Waals surface area contributed by atoms with Gasteiger partial charge in [0, 0.05) is 37.4 Å². The van der Waals surface area contributed by atoms with E-state index in [4.69, 9.17) is 9.47 Å². The van der Waals surface area contributed by atoms with Gasteiger partial charge in [-0.15, -0.1) is 0 Å². The first-order valence-electron chi connectivity index (χ1n) is 20.8. The molecule has 0 saturated carbocycles. The lowest BCUT2D eigenvalue weighted by molar-refractivity contribution is -0.131. The number of nitrogens with zero attached hydrogens (tertiary/aromatic N) is 3. The summed E-state index contributed by atoms with van der Waals surface area (Å²) in [5.41, 5.74) is 3.10. The molecule has 2 unspecified atom stereocenters. The van der Waals surface area contributed by atoms with Gasteiger partial charge in [-0.25, -0.2) is 9.59 Å². The molecule has 0 bridgehead atoms. The average molecular weight is 835 g/mol. The highest BCUT2D eigenvalue weighted by Crippen LogP contribution is 2.30. The van der Waals surface area contributed by atoms with Crippen LogP contribution >= 0.6 is 0 Å². The lowest BCUT2D eigenvalue weighted by Gasteiger charge is -2.38. The lowest BCUT2D eigenvalue weighted by atomic mass is 9.84. The zero-order valence-electron chi connectivity index (χ0n) is 36.7. The standard InChI is InChI=1S/C48H62N6O7/c1-47(2,3)41(52-45(58)61-8)43(56)50-36(27-33-20-22-35(23-21-33)38-19-12-13-24-49-38)30-40(55)39(29-32-15-10-9-11-16-32)51-44(57)42(48(4,5)6)54-26-25-53(46(54)59)31-34-17-14-18-37(28-34)60-7/h9-24,28,36,39-42,55H,25-27,29-31H2,1-8H3,(H,50,56)(H,51,57)(H,52,58)/t36-,39-,40-,41?,42?/m0/s1. The summed E-state index contributed by atoms with van der Waals surface area (Å²) in [4.78, 5) is 62.9. The molecule has 3 aromatic carbocycles. The van der Waals surface area contributed by atoms with Crippen molar-refractivity contribution in [2.24, 2.45) is 10.8 Å². The molecule has 1 aliphatic rings. The van der Waals surface area contributed by atoms with Crippen LogP contribution in [-0.4, -0.2) is 101 Å². The largest absolute Gasteiger partial charge is 0.497 e. The van der Waals surface area contributed by atoms with Gasteiger partial charge in [-0.05, 0) is 71.0 Å². The van der Waals surface area contributed by atoms with Crippen LogP contribution < -0.4 is 20.7 Å². The number of methoxy groups -OCH3 is 2. The van der Waals surface area contributed by atoms with Crippen LogP contribution in [0.3, 0.4) is 0 Å². The minimum atomic E-state index is -1.15. The molecule has 2 heterocycles. The third kappa shape index (κ3) is 12.8. The summed E-state index contributed by atoms with van der Waals surface area (Å²) in [5, 5.41) is 21.2. The minimum absolute atomic E-state index is 0.0533. The number of hydrogen-bond acceptors (Lipinski definition) is 8. The van der Waals surface area contributed by atoms with E-state index in [1.54, 1.807) is 23.1 Å². The highest BCUT2D eigenvalue weighted by Gasteiger charge is 2.44. The molecule has 4 N–H and O–H groups in total. The van der Waals surface area contributed by atoms with E-state index >= 15 is 0 Å². The maximum absolute atomic E-state index is 14.6. The zero-order valence-corrected chi connectivity index (χ0v) is 36.7. The Kier molecular flexibility index (Phi) is 15.5. The van der Waals surface area contributed by atoms with Crippen molar-refractivity contribution in [2.75, 3.05) is 27.3 Å². The van der Waals surface area contributed by atoms with Crippen LogP contribution in [0.2, 0.25) is 0 Å². The van der Waals surface area contributed by atoms with Gasteiger partial charge in [0.25, 0.3) is 0 Å². The van der Waals surface area contributed by atoms with Crippen LogP contribution in [0.15, 0.2) is 103 Å². The van der Waals surface area contributed by atoms with Crippen molar-refractivity contribution in [3.63, 3.8) is 0 Å². The number of pyridine rings is 1. The molecule has 5 amide bonds. The van der Waals surface area contributed by atoms with Crippen LogP contribution in [0.4, 0.5) is 9.59 Å². The number of aliphatic hydroxyl groups is 1. The van der Waals surface area contributed by atoms with Gasteiger partial charge >= 0.3 is 12.1 Å². The molecule has 1 aliphatic heterocycles. The molecule has 0 spiro atoms. The van der Waals surface area contributed by atoms with E-state index in [-0.39, 0.29) is 24.8 Å². The van der Waals surface area contributed by atoms with Gasteiger partial charge in [-0.2, -0.15) is 0 Å². The third-order valence-electron chi connectivity index (χ3n) is 11.0. The maximum atomic E-state index is 14.6. The molecule has 13 heteroatoms. The number of nitrogens with one attached hydrogen (secondary N) is 3. The smallest absolute Gasteiger partial charge is 0.407 e.